The van der Waals surface area contributed by atoms with E-state index >= 15 is 0 Å². The fraction of sp³-hybridized carbons (Fsp3) is 0.800. The quantitative estimate of drug-likeness (QED) is 0.203. The molecule has 0 rings (SSSR count). The molecule has 0 heterocycles. The van der Waals surface area contributed by atoms with E-state index in [9.17, 15) is 4.79 Å². The number of esters is 1. The van der Waals surface area contributed by atoms with Crippen molar-refractivity contribution < 1.29 is 9.53 Å². The molecule has 11 heavy (non-hydrogen) atoms. The number of ether oxygens (including phenoxy) is 1. The molecule has 2 N–H and O–H groups in total. The Morgan fingerprint density at radius 1 is 1.73 bits per heavy atom. The fourth-order valence-electron chi connectivity index (χ4n) is 0.435. The van der Waals surface area contributed by atoms with Crippen molar-refractivity contribution in [2.75, 3.05) is 19.7 Å². The first-order valence-electron chi connectivity index (χ1n) is 3.17. The molecule has 0 amide bonds. The summed E-state index contributed by atoms with van der Waals surface area (Å²) in [5.41, 5.74) is 12.9. The minimum Gasteiger partial charge on any atom is -0.466 e. The van der Waals surface area contributed by atoms with Crippen molar-refractivity contribution in [3.8, 4) is 0 Å². The lowest BCUT2D eigenvalue weighted by Crippen LogP contribution is -2.12. The third kappa shape index (κ3) is 6.63. The molecule has 0 spiro atoms. The minimum absolute atomic E-state index is 0.128. The number of rotatable bonds is 5. The maximum atomic E-state index is 10.6. The van der Waals surface area contributed by atoms with E-state index in [1.54, 1.807) is 0 Å². The maximum Gasteiger partial charge on any atom is 0.307 e. The zero-order valence-electron chi connectivity index (χ0n) is 6.06. The predicted octanol–water partition coefficient (Wildman–Crippen LogP) is 0.189. The van der Waals surface area contributed by atoms with Crippen LogP contribution < -0.4 is 5.73 Å². The van der Waals surface area contributed by atoms with Gasteiger partial charge in [0.2, 0.25) is 0 Å². The molecular weight excluding hydrogens is 148 g/mol. The first-order valence-corrected chi connectivity index (χ1v) is 3.17. The van der Waals surface area contributed by atoms with Crippen molar-refractivity contribution in [2.45, 2.75) is 6.42 Å². The van der Waals surface area contributed by atoms with Crippen LogP contribution >= 0.6 is 0 Å². The third-order valence-electron chi connectivity index (χ3n) is 0.866. The first kappa shape index (κ1) is 9.74. The minimum atomic E-state index is -0.361. The third-order valence-corrected chi connectivity index (χ3v) is 0.866. The van der Waals surface area contributed by atoms with Crippen LogP contribution in [0.15, 0.2) is 5.11 Å². The van der Waals surface area contributed by atoms with Gasteiger partial charge in [-0.1, -0.05) is 5.11 Å². The number of nitrogens with two attached hydrogens (primary N) is 1. The van der Waals surface area contributed by atoms with Crippen molar-refractivity contribution in [3.05, 3.63) is 10.4 Å². The van der Waals surface area contributed by atoms with Crippen LogP contribution in [0.2, 0.25) is 0 Å². The molecule has 6 heteroatoms. The summed E-state index contributed by atoms with van der Waals surface area (Å²) in [6.07, 6.45) is 0.205. The Labute approximate surface area is 63.9 Å². The summed E-state index contributed by atoms with van der Waals surface area (Å²) in [6.45, 7) is 0.579. The second kappa shape index (κ2) is 6.85. The van der Waals surface area contributed by atoms with Gasteiger partial charge in [-0.05, 0) is 5.53 Å². The molecule has 0 aromatic rings. The Balaban J connectivity index is 3.23. The monoisotopic (exact) mass is 158 g/mol. The maximum absolute atomic E-state index is 10.6. The van der Waals surface area contributed by atoms with E-state index in [0.29, 0.717) is 0 Å². The summed E-state index contributed by atoms with van der Waals surface area (Å²) in [6, 6.07) is 0. The van der Waals surface area contributed by atoms with E-state index in [4.69, 9.17) is 11.3 Å². The Morgan fingerprint density at radius 3 is 3.00 bits per heavy atom. The molecule has 0 atom stereocenters. The summed E-state index contributed by atoms with van der Waals surface area (Å²) in [7, 11) is 0. The van der Waals surface area contributed by atoms with Crippen molar-refractivity contribution >= 4 is 5.97 Å². The highest BCUT2D eigenvalue weighted by Crippen LogP contribution is 1.83. The normalized spacial score (nSPS) is 8.45. The van der Waals surface area contributed by atoms with Crippen LogP contribution in [-0.2, 0) is 9.53 Å². The number of nitrogens with zero attached hydrogens (tertiary/aromatic N) is 3. The lowest BCUT2D eigenvalue weighted by atomic mass is 10.4. The SMILES string of the molecule is [N-]=[N+]=NCCOC(=O)CCN. The van der Waals surface area contributed by atoms with Crippen LogP contribution in [0.25, 0.3) is 10.4 Å². The van der Waals surface area contributed by atoms with Gasteiger partial charge in [0.05, 0.1) is 19.6 Å². The molecule has 0 saturated carbocycles. The van der Waals surface area contributed by atoms with Gasteiger partial charge in [0.15, 0.2) is 0 Å². The average Bonchev–Trinajstić information content (AvgIpc) is 1.99. The van der Waals surface area contributed by atoms with E-state index in [1.165, 1.54) is 0 Å². The van der Waals surface area contributed by atoms with Crippen LogP contribution in [0, 0.1) is 0 Å². The van der Waals surface area contributed by atoms with Crippen molar-refractivity contribution in [1.29, 1.82) is 0 Å². The van der Waals surface area contributed by atoms with Gasteiger partial charge >= 0.3 is 5.97 Å². The van der Waals surface area contributed by atoms with Crippen molar-refractivity contribution in [2.24, 2.45) is 10.8 Å². The Morgan fingerprint density at radius 2 is 2.45 bits per heavy atom. The van der Waals surface area contributed by atoms with Gasteiger partial charge in [0.1, 0.15) is 0 Å². The van der Waals surface area contributed by atoms with Gasteiger partial charge in [-0.25, -0.2) is 0 Å². The van der Waals surface area contributed by atoms with Crippen LogP contribution in [0.1, 0.15) is 6.42 Å². The largest absolute Gasteiger partial charge is 0.466 e. The summed E-state index contributed by atoms with van der Waals surface area (Å²) < 4.78 is 4.60. The summed E-state index contributed by atoms with van der Waals surface area (Å²) >= 11 is 0. The highest BCUT2D eigenvalue weighted by molar-refractivity contribution is 5.69. The number of hydrogen-bond acceptors (Lipinski definition) is 4. The smallest absolute Gasteiger partial charge is 0.307 e. The molecule has 0 aliphatic rings. The molecule has 0 radical (unpaired) electrons. The summed E-state index contributed by atoms with van der Waals surface area (Å²) in [4.78, 5) is 13.1. The van der Waals surface area contributed by atoms with Gasteiger partial charge < -0.3 is 10.5 Å². The molecule has 0 saturated heterocycles. The zero-order valence-corrected chi connectivity index (χ0v) is 6.06. The standard InChI is InChI=1S/C5H10N4O2/c6-2-1-5(10)11-4-3-8-9-7/h1-4,6H2. The zero-order chi connectivity index (χ0) is 8.53. The summed E-state index contributed by atoms with van der Waals surface area (Å²) in [5.74, 6) is -0.361. The molecule has 0 unspecified atom stereocenters. The molecule has 0 aliphatic carbocycles. The van der Waals surface area contributed by atoms with Gasteiger partial charge in [0, 0.05) is 11.5 Å². The van der Waals surface area contributed by atoms with E-state index < -0.39 is 0 Å². The van der Waals surface area contributed by atoms with E-state index in [-0.39, 0.29) is 32.1 Å². The molecular formula is C5H10N4O2. The van der Waals surface area contributed by atoms with Crippen LogP contribution in [0.5, 0.6) is 0 Å². The second-order valence-electron chi connectivity index (χ2n) is 1.71. The molecule has 0 bridgehead atoms. The highest BCUT2D eigenvalue weighted by Gasteiger charge is 1.98. The Hall–Kier alpha value is -1.26. The lowest BCUT2D eigenvalue weighted by molar-refractivity contribution is -0.143. The summed E-state index contributed by atoms with van der Waals surface area (Å²) in [5, 5.41) is 3.18. The topological polar surface area (TPSA) is 101 Å². The first-order chi connectivity index (χ1) is 5.31. The second-order valence-corrected chi connectivity index (χ2v) is 1.71. The van der Waals surface area contributed by atoms with Gasteiger partial charge in [0.25, 0.3) is 0 Å². The predicted molar refractivity (Wildman–Crippen MR) is 38.6 cm³/mol. The van der Waals surface area contributed by atoms with Crippen molar-refractivity contribution in [3.63, 3.8) is 0 Å². The van der Waals surface area contributed by atoms with Crippen LogP contribution in [-0.4, -0.2) is 25.7 Å². The van der Waals surface area contributed by atoms with Crippen molar-refractivity contribution in [1.82, 2.24) is 0 Å². The van der Waals surface area contributed by atoms with Crippen LogP contribution in [0.3, 0.4) is 0 Å². The van der Waals surface area contributed by atoms with Gasteiger partial charge in [-0.15, -0.1) is 0 Å². The molecule has 62 valence electrons. The number of carbonyl (C=O) groups is 1. The van der Waals surface area contributed by atoms with Crippen LogP contribution in [0.4, 0.5) is 0 Å². The number of azide groups is 1. The van der Waals surface area contributed by atoms with E-state index in [2.05, 4.69) is 14.8 Å². The fourth-order valence-corrected chi connectivity index (χ4v) is 0.435. The van der Waals surface area contributed by atoms with E-state index in [0.717, 1.165) is 0 Å². The number of carbonyl (C=O) groups excluding carboxylic acids is 1. The molecule has 6 nitrogen and oxygen atoms in total. The van der Waals surface area contributed by atoms with E-state index in [1.807, 2.05) is 0 Å². The Kier molecular flexibility index (Phi) is 6.07. The number of hydrogen-bond donors (Lipinski definition) is 1. The molecule has 0 aromatic carbocycles. The molecule has 0 aliphatic heterocycles. The average molecular weight is 158 g/mol. The molecule has 0 aromatic heterocycles. The van der Waals surface area contributed by atoms with Gasteiger partial charge in [-0.2, -0.15) is 0 Å². The molecule has 0 fully saturated rings. The van der Waals surface area contributed by atoms with Gasteiger partial charge in [-0.3, -0.25) is 4.79 Å². The Bertz CT molecular complexity index is 164. The highest BCUT2D eigenvalue weighted by atomic mass is 16.5. The lowest BCUT2D eigenvalue weighted by Gasteiger charge is -1.99.